The van der Waals surface area contributed by atoms with Crippen molar-refractivity contribution in [3.63, 3.8) is 0 Å². The molecule has 1 fully saturated rings. The van der Waals surface area contributed by atoms with Crippen LogP contribution in [0.1, 0.15) is 17.3 Å². The first-order valence-corrected chi connectivity index (χ1v) is 5.33. The molecule has 0 aromatic heterocycles. The van der Waals surface area contributed by atoms with Crippen LogP contribution in [0.15, 0.2) is 24.3 Å². The Balaban J connectivity index is 2.17. The molecule has 4 heteroatoms. The molecule has 1 aromatic rings. The van der Waals surface area contributed by atoms with Gasteiger partial charge in [0.05, 0.1) is 19.3 Å². The molecule has 0 unspecified atom stereocenters. The van der Waals surface area contributed by atoms with E-state index in [0.29, 0.717) is 25.3 Å². The first kappa shape index (κ1) is 11.1. The highest BCUT2D eigenvalue weighted by Crippen LogP contribution is 2.13. The van der Waals surface area contributed by atoms with E-state index in [2.05, 4.69) is 0 Å². The molecule has 0 saturated carbocycles. The number of nitrogens with zero attached hydrogens (tertiary/aromatic N) is 1. The van der Waals surface area contributed by atoms with Crippen molar-refractivity contribution < 1.29 is 13.9 Å². The molecule has 1 amide bonds. The predicted molar refractivity (Wildman–Crippen MR) is 57.7 cm³/mol. The lowest BCUT2D eigenvalue weighted by Crippen LogP contribution is -2.47. The number of morpholine rings is 1. The zero-order valence-electron chi connectivity index (χ0n) is 9.15. The van der Waals surface area contributed by atoms with E-state index in [-0.39, 0.29) is 17.8 Å². The van der Waals surface area contributed by atoms with Gasteiger partial charge in [0.2, 0.25) is 0 Å². The molecule has 0 spiro atoms. The number of halogens is 1. The Bertz CT molecular complexity index is 394. The summed E-state index contributed by atoms with van der Waals surface area (Å²) in [4.78, 5) is 13.8. The molecular weight excluding hydrogens is 209 g/mol. The number of ether oxygens (including phenoxy) is 1. The van der Waals surface area contributed by atoms with E-state index in [1.165, 1.54) is 12.1 Å². The van der Waals surface area contributed by atoms with Crippen LogP contribution in [-0.2, 0) is 4.74 Å². The lowest BCUT2D eigenvalue weighted by Gasteiger charge is -2.33. The van der Waals surface area contributed by atoms with Crippen molar-refractivity contribution in [1.82, 2.24) is 4.90 Å². The molecule has 16 heavy (non-hydrogen) atoms. The molecule has 0 N–H and O–H groups in total. The fourth-order valence-electron chi connectivity index (χ4n) is 1.82. The van der Waals surface area contributed by atoms with Crippen molar-refractivity contribution in [2.45, 2.75) is 13.0 Å². The Labute approximate surface area is 93.8 Å². The van der Waals surface area contributed by atoms with Crippen LogP contribution in [0.2, 0.25) is 0 Å². The monoisotopic (exact) mass is 223 g/mol. The fourth-order valence-corrected chi connectivity index (χ4v) is 1.82. The summed E-state index contributed by atoms with van der Waals surface area (Å²) >= 11 is 0. The topological polar surface area (TPSA) is 29.5 Å². The Hall–Kier alpha value is -1.42. The maximum atomic E-state index is 13.0. The number of hydrogen-bond acceptors (Lipinski definition) is 2. The van der Waals surface area contributed by atoms with Crippen LogP contribution in [0.4, 0.5) is 4.39 Å². The van der Waals surface area contributed by atoms with Gasteiger partial charge in [-0.3, -0.25) is 4.79 Å². The largest absolute Gasteiger partial charge is 0.377 e. The molecule has 1 aromatic carbocycles. The predicted octanol–water partition coefficient (Wildman–Crippen LogP) is 1.69. The van der Waals surface area contributed by atoms with Gasteiger partial charge < -0.3 is 9.64 Å². The molecule has 0 aliphatic carbocycles. The Morgan fingerprint density at radius 3 is 3.06 bits per heavy atom. The van der Waals surface area contributed by atoms with Crippen molar-refractivity contribution >= 4 is 5.91 Å². The summed E-state index contributed by atoms with van der Waals surface area (Å²) in [6.07, 6.45) is 0. The van der Waals surface area contributed by atoms with E-state index < -0.39 is 0 Å². The van der Waals surface area contributed by atoms with Gasteiger partial charge in [-0.05, 0) is 25.1 Å². The molecule has 1 aliphatic rings. The first-order valence-electron chi connectivity index (χ1n) is 5.33. The fraction of sp³-hybridized carbons (Fsp3) is 0.417. The molecule has 3 nitrogen and oxygen atoms in total. The molecule has 86 valence electrons. The van der Waals surface area contributed by atoms with Crippen LogP contribution >= 0.6 is 0 Å². The minimum Gasteiger partial charge on any atom is -0.377 e. The van der Waals surface area contributed by atoms with Crippen LogP contribution in [0.25, 0.3) is 0 Å². The quantitative estimate of drug-likeness (QED) is 0.725. The van der Waals surface area contributed by atoms with E-state index in [9.17, 15) is 9.18 Å². The lowest BCUT2D eigenvalue weighted by molar-refractivity contribution is 0.00357. The van der Waals surface area contributed by atoms with Gasteiger partial charge in [-0.2, -0.15) is 0 Å². The number of rotatable bonds is 1. The van der Waals surface area contributed by atoms with Crippen molar-refractivity contribution in [3.8, 4) is 0 Å². The number of carbonyl (C=O) groups is 1. The third-order valence-electron chi connectivity index (χ3n) is 2.70. The normalized spacial score (nSPS) is 20.9. The van der Waals surface area contributed by atoms with Crippen molar-refractivity contribution in [1.29, 1.82) is 0 Å². The maximum Gasteiger partial charge on any atom is 0.254 e. The van der Waals surface area contributed by atoms with Gasteiger partial charge in [0.1, 0.15) is 5.82 Å². The Morgan fingerprint density at radius 2 is 2.38 bits per heavy atom. The Kier molecular flexibility index (Phi) is 3.19. The van der Waals surface area contributed by atoms with E-state index in [1.807, 2.05) is 6.92 Å². The standard InChI is InChI=1S/C12H14FNO2/c1-9-8-16-6-5-14(9)12(15)10-3-2-4-11(13)7-10/h2-4,7,9H,5-6,8H2,1H3/t9-/m1/s1. The molecular formula is C12H14FNO2. The maximum absolute atomic E-state index is 13.0. The minimum atomic E-state index is -0.383. The van der Waals surface area contributed by atoms with Gasteiger partial charge in [0, 0.05) is 12.1 Å². The second-order valence-corrected chi connectivity index (χ2v) is 3.93. The van der Waals surface area contributed by atoms with E-state index in [4.69, 9.17) is 4.74 Å². The third kappa shape index (κ3) is 2.22. The smallest absolute Gasteiger partial charge is 0.254 e. The molecule has 0 bridgehead atoms. The Morgan fingerprint density at radius 1 is 1.56 bits per heavy atom. The molecule has 1 heterocycles. The number of amides is 1. The number of carbonyl (C=O) groups excluding carboxylic acids is 1. The molecule has 1 aliphatic heterocycles. The lowest BCUT2D eigenvalue weighted by atomic mass is 10.1. The second kappa shape index (κ2) is 4.61. The molecule has 1 saturated heterocycles. The summed E-state index contributed by atoms with van der Waals surface area (Å²) in [7, 11) is 0. The van der Waals surface area contributed by atoms with Crippen LogP contribution < -0.4 is 0 Å². The summed E-state index contributed by atoms with van der Waals surface area (Å²) in [6.45, 7) is 3.58. The van der Waals surface area contributed by atoms with Gasteiger partial charge in [-0.15, -0.1) is 0 Å². The second-order valence-electron chi connectivity index (χ2n) is 3.93. The van der Waals surface area contributed by atoms with E-state index >= 15 is 0 Å². The highest BCUT2D eigenvalue weighted by atomic mass is 19.1. The highest BCUT2D eigenvalue weighted by molar-refractivity contribution is 5.94. The third-order valence-corrected chi connectivity index (χ3v) is 2.70. The van der Waals surface area contributed by atoms with Crippen molar-refractivity contribution in [2.75, 3.05) is 19.8 Å². The summed E-state index contributed by atoms with van der Waals surface area (Å²) < 4.78 is 18.3. The number of hydrogen-bond donors (Lipinski definition) is 0. The zero-order valence-corrected chi connectivity index (χ0v) is 9.15. The average Bonchev–Trinajstić information content (AvgIpc) is 2.29. The van der Waals surface area contributed by atoms with Crippen molar-refractivity contribution in [3.05, 3.63) is 35.6 Å². The zero-order chi connectivity index (χ0) is 11.5. The van der Waals surface area contributed by atoms with Gasteiger partial charge >= 0.3 is 0 Å². The number of benzene rings is 1. The van der Waals surface area contributed by atoms with Crippen LogP contribution in [0.3, 0.4) is 0 Å². The summed E-state index contributed by atoms with van der Waals surface area (Å²) in [6, 6.07) is 5.83. The van der Waals surface area contributed by atoms with Gasteiger partial charge in [0.25, 0.3) is 5.91 Å². The van der Waals surface area contributed by atoms with Crippen molar-refractivity contribution in [2.24, 2.45) is 0 Å². The van der Waals surface area contributed by atoms with Gasteiger partial charge in [-0.25, -0.2) is 4.39 Å². The molecule has 1 atom stereocenters. The summed E-state index contributed by atoms with van der Waals surface area (Å²) in [5, 5.41) is 0. The summed E-state index contributed by atoms with van der Waals surface area (Å²) in [5.74, 6) is -0.512. The van der Waals surface area contributed by atoms with E-state index in [0.717, 1.165) is 0 Å². The van der Waals surface area contributed by atoms with Crippen LogP contribution in [-0.4, -0.2) is 36.6 Å². The first-order chi connectivity index (χ1) is 7.68. The average molecular weight is 223 g/mol. The van der Waals surface area contributed by atoms with Crippen LogP contribution in [0, 0.1) is 5.82 Å². The summed E-state index contributed by atoms with van der Waals surface area (Å²) in [5.41, 5.74) is 0.397. The molecule has 2 rings (SSSR count). The highest BCUT2D eigenvalue weighted by Gasteiger charge is 2.24. The SMILES string of the molecule is C[C@@H]1COCCN1C(=O)c1cccc(F)c1. The van der Waals surface area contributed by atoms with Crippen LogP contribution in [0.5, 0.6) is 0 Å². The molecule has 0 radical (unpaired) electrons. The van der Waals surface area contributed by atoms with Gasteiger partial charge in [0.15, 0.2) is 0 Å². The minimum absolute atomic E-state index is 0.0458. The van der Waals surface area contributed by atoms with E-state index in [1.54, 1.807) is 17.0 Å². The van der Waals surface area contributed by atoms with Gasteiger partial charge in [-0.1, -0.05) is 6.07 Å².